The van der Waals surface area contributed by atoms with E-state index in [9.17, 15) is 9.59 Å². The summed E-state index contributed by atoms with van der Waals surface area (Å²) >= 11 is 1.48. The van der Waals surface area contributed by atoms with Crippen LogP contribution in [0.2, 0.25) is 0 Å². The third kappa shape index (κ3) is 4.07. The summed E-state index contributed by atoms with van der Waals surface area (Å²) < 4.78 is 1.87. The normalized spacial score (nSPS) is 15.7. The van der Waals surface area contributed by atoms with Crippen LogP contribution < -0.4 is 11.1 Å². The van der Waals surface area contributed by atoms with Gasteiger partial charge in [0.25, 0.3) is 5.91 Å². The van der Waals surface area contributed by atoms with Crippen molar-refractivity contribution in [2.24, 2.45) is 11.7 Å². The topological polar surface area (TPSA) is 103 Å². The Morgan fingerprint density at radius 3 is 2.86 bits per heavy atom. The van der Waals surface area contributed by atoms with Gasteiger partial charge in [-0.3, -0.25) is 14.2 Å². The maximum Gasteiger partial charge on any atom is 0.251 e. The molecule has 1 atom stereocenters. The van der Waals surface area contributed by atoms with Crippen LogP contribution in [0.5, 0.6) is 0 Å². The summed E-state index contributed by atoms with van der Waals surface area (Å²) in [5, 5.41) is 11.6. The third-order valence-electron chi connectivity index (χ3n) is 5.24. The number of rotatable bonds is 6. The third-order valence-corrected chi connectivity index (χ3v) is 6.41. The van der Waals surface area contributed by atoms with E-state index in [0.29, 0.717) is 28.7 Å². The van der Waals surface area contributed by atoms with Crippen molar-refractivity contribution in [1.29, 1.82) is 0 Å². The SMILES string of the molecule is CC1CCc2c(sc(NC(=O)CCc3nncn3-c3ccccc3)c2C(N)=O)C1. The maximum absolute atomic E-state index is 12.6. The van der Waals surface area contributed by atoms with Gasteiger partial charge in [-0.2, -0.15) is 0 Å². The number of benzene rings is 1. The van der Waals surface area contributed by atoms with Gasteiger partial charge in [-0.25, -0.2) is 0 Å². The number of amides is 2. The minimum Gasteiger partial charge on any atom is -0.365 e. The molecule has 0 saturated carbocycles. The molecule has 4 rings (SSSR count). The molecule has 2 aromatic heterocycles. The van der Waals surface area contributed by atoms with Gasteiger partial charge in [-0.1, -0.05) is 25.1 Å². The molecular weight excluding hydrogens is 386 g/mol. The highest BCUT2D eigenvalue weighted by molar-refractivity contribution is 7.17. The van der Waals surface area contributed by atoms with Gasteiger partial charge >= 0.3 is 0 Å². The van der Waals surface area contributed by atoms with Crippen molar-refractivity contribution in [2.45, 2.75) is 39.0 Å². The summed E-state index contributed by atoms with van der Waals surface area (Å²) in [7, 11) is 0. The highest BCUT2D eigenvalue weighted by Gasteiger charge is 2.27. The number of hydrogen-bond acceptors (Lipinski definition) is 5. The van der Waals surface area contributed by atoms with E-state index in [1.165, 1.54) is 11.3 Å². The Hall–Kier alpha value is -3.00. The van der Waals surface area contributed by atoms with Gasteiger partial charge in [0.15, 0.2) is 0 Å². The molecule has 0 fully saturated rings. The molecule has 1 aliphatic rings. The molecule has 0 bridgehead atoms. The lowest BCUT2D eigenvalue weighted by Gasteiger charge is -2.18. The minimum absolute atomic E-state index is 0.165. The Bertz CT molecular complexity index is 1040. The zero-order chi connectivity index (χ0) is 20.4. The molecule has 3 aromatic rings. The molecule has 0 saturated heterocycles. The molecule has 1 aliphatic carbocycles. The van der Waals surface area contributed by atoms with Crippen LogP contribution in [0.15, 0.2) is 36.7 Å². The van der Waals surface area contributed by atoms with E-state index < -0.39 is 5.91 Å². The predicted molar refractivity (Wildman–Crippen MR) is 112 cm³/mol. The number of para-hydroxylation sites is 1. The van der Waals surface area contributed by atoms with Crippen molar-refractivity contribution in [3.63, 3.8) is 0 Å². The van der Waals surface area contributed by atoms with Crippen molar-refractivity contribution in [2.75, 3.05) is 5.32 Å². The lowest BCUT2D eigenvalue weighted by atomic mass is 9.88. The molecule has 7 nitrogen and oxygen atoms in total. The number of nitrogens with two attached hydrogens (primary N) is 1. The number of fused-ring (bicyclic) bond motifs is 1. The molecule has 1 aromatic carbocycles. The van der Waals surface area contributed by atoms with E-state index in [-0.39, 0.29) is 12.3 Å². The van der Waals surface area contributed by atoms with E-state index in [2.05, 4.69) is 22.4 Å². The predicted octanol–water partition coefficient (Wildman–Crippen LogP) is 3.12. The Morgan fingerprint density at radius 2 is 2.10 bits per heavy atom. The minimum atomic E-state index is -0.476. The van der Waals surface area contributed by atoms with Gasteiger partial charge in [-0.15, -0.1) is 21.5 Å². The summed E-state index contributed by atoms with van der Waals surface area (Å²) in [5.41, 5.74) is 8.07. The summed E-state index contributed by atoms with van der Waals surface area (Å²) in [5.74, 6) is 0.647. The van der Waals surface area contributed by atoms with Gasteiger partial charge in [0.05, 0.1) is 5.56 Å². The highest BCUT2D eigenvalue weighted by atomic mass is 32.1. The second-order valence-corrected chi connectivity index (χ2v) is 8.53. The van der Waals surface area contributed by atoms with Crippen LogP contribution in [0.3, 0.4) is 0 Å². The molecule has 150 valence electrons. The quantitative estimate of drug-likeness (QED) is 0.653. The summed E-state index contributed by atoms with van der Waals surface area (Å²) in [6.07, 6.45) is 5.11. The van der Waals surface area contributed by atoms with Gasteiger partial charge in [-0.05, 0) is 42.9 Å². The number of aryl methyl sites for hydroxylation is 1. The second kappa shape index (κ2) is 8.16. The van der Waals surface area contributed by atoms with Crippen LogP contribution >= 0.6 is 11.3 Å². The fraction of sp³-hybridized carbons (Fsp3) is 0.333. The number of thiophene rings is 1. The zero-order valence-corrected chi connectivity index (χ0v) is 17.0. The fourth-order valence-electron chi connectivity index (χ4n) is 3.75. The van der Waals surface area contributed by atoms with Crippen LogP contribution in [0, 0.1) is 5.92 Å². The number of hydrogen-bond donors (Lipinski definition) is 2. The van der Waals surface area contributed by atoms with E-state index >= 15 is 0 Å². The maximum atomic E-state index is 12.6. The van der Waals surface area contributed by atoms with Crippen LogP contribution in [0.25, 0.3) is 5.69 Å². The fourth-order valence-corrected chi connectivity index (χ4v) is 5.18. The molecule has 0 radical (unpaired) electrons. The monoisotopic (exact) mass is 409 g/mol. The standard InChI is InChI=1S/C21H23N5O2S/c1-13-7-8-15-16(11-13)29-21(19(15)20(22)28)24-18(27)10-9-17-25-23-12-26(17)14-5-3-2-4-6-14/h2-6,12-13H,7-11H2,1H3,(H2,22,28)(H,24,27). The Kier molecular flexibility index (Phi) is 5.44. The average Bonchev–Trinajstić information content (AvgIpc) is 3.30. The molecule has 8 heteroatoms. The number of aromatic nitrogens is 3. The molecule has 1 unspecified atom stereocenters. The van der Waals surface area contributed by atoms with Gasteiger partial charge in [0.2, 0.25) is 5.91 Å². The number of nitrogens with zero attached hydrogens (tertiary/aromatic N) is 3. The van der Waals surface area contributed by atoms with Gasteiger partial charge in [0.1, 0.15) is 17.2 Å². The summed E-state index contributed by atoms with van der Waals surface area (Å²) in [6.45, 7) is 2.20. The van der Waals surface area contributed by atoms with Crippen LogP contribution in [-0.4, -0.2) is 26.6 Å². The van der Waals surface area contributed by atoms with E-state index in [1.54, 1.807) is 6.33 Å². The first kappa shape index (κ1) is 19.3. The number of carbonyl (C=O) groups excluding carboxylic acids is 2. The number of carbonyl (C=O) groups is 2. The lowest BCUT2D eigenvalue weighted by molar-refractivity contribution is -0.116. The average molecular weight is 410 g/mol. The van der Waals surface area contributed by atoms with Gasteiger partial charge < -0.3 is 11.1 Å². The molecule has 0 aliphatic heterocycles. The second-order valence-electron chi connectivity index (χ2n) is 7.42. The van der Waals surface area contributed by atoms with Crippen LogP contribution in [0.4, 0.5) is 5.00 Å². The number of primary amides is 1. The largest absolute Gasteiger partial charge is 0.365 e. The molecule has 2 amide bonds. The van der Waals surface area contributed by atoms with Crippen LogP contribution in [-0.2, 0) is 24.1 Å². The van der Waals surface area contributed by atoms with E-state index in [4.69, 9.17) is 5.73 Å². The molecule has 29 heavy (non-hydrogen) atoms. The summed E-state index contributed by atoms with van der Waals surface area (Å²) in [4.78, 5) is 25.8. The summed E-state index contributed by atoms with van der Waals surface area (Å²) in [6, 6.07) is 9.75. The Morgan fingerprint density at radius 1 is 1.31 bits per heavy atom. The van der Waals surface area contributed by atoms with Crippen molar-refractivity contribution >= 4 is 28.2 Å². The lowest BCUT2D eigenvalue weighted by Crippen LogP contribution is -2.19. The van der Waals surface area contributed by atoms with Crippen molar-refractivity contribution < 1.29 is 9.59 Å². The number of nitrogens with one attached hydrogen (secondary N) is 1. The zero-order valence-electron chi connectivity index (χ0n) is 16.2. The first-order valence-electron chi connectivity index (χ1n) is 9.71. The van der Waals surface area contributed by atoms with Gasteiger partial charge in [0, 0.05) is 23.4 Å². The first-order valence-corrected chi connectivity index (χ1v) is 10.5. The molecule has 3 N–H and O–H groups in total. The van der Waals surface area contributed by atoms with Crippen molar-refractivity contribution in [1.82, 2.24) is 14.8 Å². The van der Waals surface area contributed by atoms with E-state index in [0.717, 1.165) is 35.4 Å². The smallest absolute Gasteiger partial charge is 0.251 e. The van der Waals surface area contributed by atoms with Crippen LogP contribution in [0.1, 0.15) is 46.4 Å². The van der Waals surface area contributed by atoms with Crippen molar-refractivity contribution in [3.8, 4) is 5.69 Å². The molecule has 0 spiro atoms. The highest BCUT2D eigenvalue weighted by Crippen LogP contribution is 2.39. The Labute approximate surface area is 173 Å². The molecule has 2 heterocycles. The van der Waals surface area contributed by atoms with E-state index in [1.807, 2.05) is 34.9 Å². The molecular formula is C21H23N5O2S. The number of anilines is 1. The van der Waals surface area contributed by atoms with Crippen molar-refractivity contribution in [3.05, 3.63) is 58.5 Å². The Balaban J connectivity index is 1.47. The first-order chi connectivity index (χ1) is 14.0.